The zero-order valence-electron chi connectivity index (χ0n) is 11.5. The van der Waals surface area contributed by atoms with Crippen LogP contribution in [0.5, 0.6) is 5.75 Å². The Morgan fingerprint density at radius 3 is 2.33 bits per heavy atom. The number of carboxylic acid groups (broad SMARTS) is 1. The molecule has 2 amide bonds. The van der Waals surface area contributed by atoms with Gasteiger partial charge in [-0.1, -0.05) is 6.92 Å². The number of aliphatic carboxylic acids is 1. The molecule has 0 saturated heterocycles. The van der Waals surface area contributed by atoms with Crippen LogP contribution < -0.4 is 10.1 Å². The number of anilines is 1. The molecule has 1 atom stereocenters. The van der Waals surface area contributed by atoms with Crippen molar-refractivity contribution in [2.75, 3.05) is 12.4 Å². The van der Waals surface area contributed by atoms with Crippen LogP contribution in [-0.4, -0.2) is 41.7 Å². The molecule has 0 aromatic heterocycles. The van der Waals surface area contributed by atoms with Crippen molar-refractivity contribution in [1.29, 1.82) is 0 Å². The molecule has 0 heterocycles. The van der Waals surface area contributed by atoms with Gasteiger partial charge < -0.3 is 20.1 Å². The van der Waals surface area contributed by atoms with Crippen LogP contribution in [0.4, 0.5) is 19.3 Å². The third-order valence-corrected chi connectivity index (χ3v) is 2.79. The van der Waals surface area contributed by atoms with Gasteiger partial charge >= 0.3 is 18.6 Å². The lowest BCUT2D eigenvalue weighted by atomic mass is 10.2. The van der Waals surface area contributed by atoms with E-state index in [1.807, 2.05) is 0 Å². The van der Waals surface area contributed by atoms with E-state index in [1.54, 1.807) is 6.92 Å². The summed E-state index contributed by atoms with van der Waals surface area (Å²) >= 11 is 0. The minimum Gasteiger partial charge on any atom is -0.480 e. The van der Waals surface area contributed by atoms with E-state index < -0.39 is 24.7 Å². The minimum atomic E-state index is -2.92. The molecule has 116 valence electrons. The van der Waals surface area contributed by atoms with Gasteiger partial charge in [0.2, 0.25) is 0 Å². The maximum Gasteiger partial charge on any atom is 0.387 e. The smallest absolute Gasteiger partial charge is 0.387 e. The number of hydrogen-bond acceptors (Lipinski definition) is 3. The number of ether oxygens (including phenoxy) is 1. The first-order valence-corrected chi connectivity index (χ1v) is 6.16. The van der Waals surface area contributed by atoms with Crippen LogP contribution in [0.1, 0.15) is 13.3 Å². The number of halogens is 2. The van der Waals surface area contributed by atoms with Gasteiger partial charge in [-0.25, -0.2) is 9.59 Å². The van der Waals surface area contributed by atoms with Crippen LogP contribution in [0, 0.1) is 0 Å². The van der Waals surface area contributed by atoms with Crippen molar-refractivity contribution in [3.05, 3.63) is 24.3 Å². The number of likely N-dealkylation sites (N-methyl/N-ethyl adjacent to an activating group) is 1. The van der Waals surface area contributed by atoms with E-state index in [0.717, 1.165) is 4.90 Å². The van der Waals surface area contributed by atoms with Crippen molar-refractivity contribution in [1.82, 2.24) is 4.90 Å². The highest BCUT2D eigenvalue weighted by Gasteiger charge is 2.24. The van der Waals surface area contributed by atoms with Gasteiger partial charge in [-0.05, 0) is 30.7 Å². The van der Waals surface area contributed by atoms with Crippen LogP contribution in [0.3, 0.4) is 0 Å². The Bertz CT molecular complexity index is 493. The maximum atomic E-state index is 12.0. The fourth-order valence-corrected chi connectivity index (χ4v) is 1.69. The SMILES string of the molecule is CCC(C(=O)O)N(C)C(=O)Nc1ccc(OC(F)F)cc1. The third-order valence-electron chi connectivity index (χ3n) is 2.79. The molecule has 0 saturated carbocycles. The Morgan fingerprint density at radius 1 is 1.33 bits per heavy atom. The summed E-state index contributed by atoms with van der Waals surface area (Å²) in [6, 6.07) is 3.77. The first kappa shape index (κ1) is 16.7. The summed E-state index contributed by atoms with van der Waals surface area (Å²) in [5.74, 6) is -1.14. The van der Waals surface area contributed by atoms with E-state index in [1.165, 1.54) is 31.3 Å². The standard InChI is InChI=1S/C13H16F2N2O4/c1-3-10(11(18)19)17(2)13(20)16-8-4-6-9(7-5-8)21-12(14)15/h4-7,10,12H,3H2,1-2H3,(H,16,20)(H,18,19). The van der Waals surface area contributed by atoms with Gasteiger partial charge in [0.25, 0.3) is 0 Å². The molecular weight excluding hydrogens is 286 g/mol. The monoisotopic (exact) mass is 302 g/mol. The lowest BCUT2D eigenvalue weighted by molar-refractivity contribution is -0.141. The molecule has 6 nitrogen and oxygen atoms in total. The van der Waals surface area contributed by atoms with Gasteiger partial charge in [0.05, 0.1) is 0 Å². The molecule has 0 aliphatic carbocycles. The Balaban J connectivity index is 2.68. The van der Waals surface area contributed by atoms with Crippen molar-refractivity contribution in [3.63, 3.8) is 0 Å². The number of benzene rings is 1. The molecule has 0 spiro atoms. The minimum absolute atomic E-state index is 0.0340. The van der Waals surface area contributed by atoms with Gasteiger partial charge in [0.1, 0.15) is 11.8 Å². The molecule has 0 bridgehead atoms. The van der Waals surface area contributed by atoms with Crippen LogP contribution in [0.2, 0.25) is 0 Å². The van der Waals surface area contributed by atoms with E-state index in [9.17, 15) is 18.4 Å². The Morgan fingerprint density at radius 2 is 1.90 bits per heavy atom. The van der Waals surface area contributed by atoms with Crippen molar-refractivity contribution >= 4 is 17.7 Å². The van der Waals surface area contributed by atoms with Gasteiger partial charge in [0, 0.05) is 12.7 Å². The Labute approximate surface area is 120 Å². The zero-order valence-corrected chi connectivity index (χ0v) is 11.5. The number of rotatable bonds is 6. The van der Waals surface area contributed by atoms with Crippen LogP contribution in [0.25, 0.3) is 0 Å². The van der Waals surface area contributed by atoms with Crippen molar-refractivity contribution in [2.24, 2.45) is 0 Å². The predicted molar refractivity (Wildman–Crippen MR) is 71.6 cm³/mol. The molecule has 0 radical (unpaired) electrons. The fraction of sp³-hybridized carbons (Fsp3) is 0.385. The second kappa shape index (κ2) is 7.41. The lowest BCUT2D eigenvalue weighted by Gasteiger charge is -2.24. The lowest BCUT2D eigenvalue weighted by Crippen LogP contribution is -2.44. The summed E-state index contributed by atoms with van der Waals surface area (Å²) in [7, 11) is 1.37. The molecule has 0 aliphatic heterocycles. The molecule has 0 fully saturated rings. The number of nitrogens with one attached hydrogen (secondary N) is 1. The first-order chi connectivity index (χ1) is 9.85. The number of nitrogens with zero attached hydrogens (tertiary/aromatic N) is 1. The van der Waals surface area contributed by atoms with Crippen LogP contribution >= 0.6 is 0 Å². The molecule has 21 heavy (non-hydrogen) atoms. The summed E-state index contributed by atoms with van der Waals surface area (Å²) in [6.07, 6.45) is 0.264. The van der Waals surface area contributed by atoms with Crippen molar-refractivity contribution in [3.8, 4) is 5.75 Å². The van der Waals surface area contributed by atoms with E-state index >= 15 is 0 Å². The number of carboxylic acids is 1. The summed E-state index contributed by atoms with van der Waals surface area (Å²) in [5.41, 5.74) is 0.341. The molecule has 0 aliphatic rings. The summed E-state index contributed by atoms with van der Waals surface area (Å²) in [5, 5.41) is 11.4. The highest BCUT2D eigenvalue weighted by atomic mass is 19.3. The number of amides is 2. The Hall–Kier alpha value is -2.38. The second-order valence-corrected chi connectivity index (χ2v) is 4.21. The van der Waals surface area contributed by atoms with E-state index in [4.69, 9.17) is 5.11 Å². The normalized spacial score (nSPS) is 11.9. The van der Waals surface area contributed by atoms with Crippen molar-refractivity contribution < 1.29 is 28.2 Å². The summed E-state index contributed by atoms with van der Waals surface area (Å²) in [4.78, 5) is 23.9. The van der Waals surface area contributed by atoms with E-state index in [-0.39, 0.29) is 12.2 Å². The molecule has 8 heteroatoms. The second-order valence-electron chi connectivity index (χ2n) is 4.21. The van der Waals surface area contributed by atoms with Gasteiger partial charge in [-0.3, -0.25) is 0 Å². The van der Waals surface area contributed by atoms with E-state index in [0.29, 0.717) is 5.69 Å². The summed E-state index contributed by atoms with van der Waals surface area (Å²) in [6.45, 7) is -1.27. The van der Waals surface area contributed by atoms with Crippen molar-refractivity contribution in [2.45, 2.75) is 26.0 Å². The number of alkyl halides is 2. The third kappa shape index (κ3) is 4.90. The van der Waals surface area contributed by atoms with E-state index in [2.05, 4.69) is 10.1 Å². The average Bonchev–Trinajstić information content (AvgIpc) is 2.40. The molecule has 1 aromatic carbocycles. The quantitative estimate of drug-likeness (QED) is 0.846. The highest BCUT2D eigenvalue weighted by molar-refractivity contribution is 5.92. The number of carbonyl (C=O) groups excluding carboxylic acids is 1. The fourth-order valence-electron chi connectivity index (χ4n) is 1.69. The van der Waals surface area contributed by atoms with Gasteiger partial charge in [-0.2, -0.15) is 8.78 Å². The predicted octanol–water partition coefficient (Wildman–Crippen LogP) is 2.61. The Kier molecular flexibility index (Phi) is 5.89. The number of carbonyl (C=O) groups is 2. The first-order valence-electron chi connectivity index (χ1n) is 6.16. The summed E-state index contributed by atoms with van der Waals surface area (Å²) < 4.78 is 28.1. The van der Waals surface area contributed by atoms with Gasteiger partial charge in [-0.15, -0.1) is 0 Å². The number of urea groups is 1. The molecule has 1 unspecified atom stereocenters. The molecule has 1 aromatic rings. The largest absolute Gasteiger partial charge is 0.480 e. The zero-order chi connectivity index (χ0) is 16.0. The van der Waals surface area contributed by atoms with Crippen LogP contribution in [-0.2, 0) is 4.79 Å². The number of hydrogen-bond donors (Lipinski definition) is 2. The highest BCUT2D eigenvalue weighted by Crippen LogP contribution is 2.18. The maximum absolute atomic E-state index is 12.0. The van der Waals surface area contributed by atoms with Crippen LogP contribution in [0.15, 0.2) is 24.3 Å². The molecular formula is C13H16F2N2O4. The average molecular weight is 302 g/mol. The molecule has 1 rings (SSSR count). The van der Waals surface area contributed by atoms with Gasteiger partial charge in [0.15, 0.2) is 0 Å². The molecule has 2 N–H and O–H groups in total. The topological polar surface area (TPSA) is 78.9 Å².